The van der Waals surface area contributed by atoms with Gasteiger partial charge in [0.1, 0.15) is 0 Å². The molecule has 0 bridgehead atoms. The van der Waals surface area contributed by atoms with E-state index in [1.807, 2.05) is 24.3 Å². The number of aliphatic hydroxyl groups excluding tert-OH is 1. The highest BCUT2D eigenvalue weighted by Crippen LogP contribution is 2.49. The van der Waals surface area contributed by atoms with Crippen LogP contribution in [-0.2, 0) is 17.8 Å². The summed E-state index contributed by atoms with van der Waals surface area (Å²) in [7, 11) is 0. The van der Waals surface area contributed by atoms with Gasteiger partial charge in [-0.25, -0.2) is 0 Å². The maximum atomic E-state index is 12.5. The fraction of sp³-hybridized carbons (Fsp3) is 0.261. The summed E-state index contributed by atoms with van der Waals surface area (Å²) in [6, 6.07) is 22.6. The van der Waals surface area contributed by atoms with Crippen molar-refractivity contribution >= 4 is 16.7 Å². The van der Waals surface area contributed by atoms with E-state index in [1.54, 1.807) is 0 Å². The summed E-state index contributed by atoms with van der Waals surface area (Å²) in [4.78, 5) is 12.5. The molecule has 3 heteroatoms. The van der Waals surface area contributed by atoms with Gasteiger partial charge in [-0.2, -0.15) is 0 Å². The number of aliphatic hydroxyl groups is 1. The number of rotatable bonds is 6. The molecule has 1 aliphatic carbocycles. The molecule has 0 radical (unpaired) electrons. The van der Waals surface area contributed by atoms with Gasteiger partial charge in [0.2, 0.25) is 5.91 Å². The van der Waals surface area contributed by atoms with E-state index in [4.69, 9.17) is 5.11 Å². The normalized spacial score (nSPS) is 18.7. The lowest BCUT2D eigenvalue weighted by atomic mass is 10.00. The number of hydrogen-bond donors (Lipinski definition) is 2. The van der Waals surface area contributed by atoms with Gasteiger partial charge in [-0.3, -0.25) is 4.79 Å². The molecule has 2 unspecified atom stereocenters. The van der Waals surface area contributed by atoms with Crippen molar-refractivity contribution in [3.8, 4) is 0 Å². The Labute approximate surface area is 153 Å². The van der Waals surface area contributed by atoms with Gasteiger partial charge in [0.25, 0.3) is 0 Å². The Bertz CT molecular complexity index is 912. The second-order valence-corrected chi connectivity index (χ2v) is 7.03. The molecule has 3 aromatic rings. The number of carbonyl (C=O) groups is 1. The van der Waals surface area contributed by atoms with Gasteiger partial charge in [0.05, 0.1) is 6.61 Å². The SMILES string of the molecule is O=C(NCCc1ccc(CO)cc1)C1CC1c1cccc2ccccc12. The average Bonchev–Trinajstić information content (AvgIpc) is 3.49. The second-order valence-electron chi connectivity index (χ2n) is 7.03. The third-order valence-corrected chi connectivity index (χ3v) is 5.27. The third-order valence-electron chi connectivity index (χ3n) is 5.27. The van der Waals surface area contributed by atoms with Crippen molar-refractivity contribution in [2.24, 2.45) is 5.92 Å². The van der Waals surface area contributed by atoms with Crippen molar-refractivity contribution in [2.75, 3.05) is 6.54 Å². The number of benzene rings is 3. The van der Waals surface area contributed by atoms with E-state index in [1.165, 1.54) is 21.9 Å². The van der Waals surface area contributed by atoms with Gasteiger partial charge >= 0.3 is 0 Å². The smallest absolute Gasteiger partial charge is 0.223 e. The zero-order valence-corrected chi connectivity index (χ0v) is 14.7. The van der Waals surface area contributed by atoms with Crippen LogP contribution in [0.1, 0.15) is 29.0 Å². The molecule has 3 nitrogen and oxygen atoms in total. The summed E-state index contributed by atoms with van der Waals surface area (Å²) in [5.41, 5.74) is 3.38. The van der Waals surface area contributed by atoms with Gasteiger partial charge in [-0.05, 0) is 46.2 Å². The first-order valence-corrected chi connectivity index (χ1v) is 9.20. The van der Waals surface area contributed by atoms with E-state index >= 15 is 0 Å². The Balaban J connectivity index is 1.33. The zero-order valence-electron chi connectivity index (χ0n) is 14.7. The Morgan fingerprint density at radius 3 is 2.50 bits per heavy atom. The zero-order chi connectivity index (χ0) is 17.9. The van der Waals surface area contributed by atoms with E-state index in [0.29, 0.717) is 12.5 Å². The van der Waals surface area contributed by atoms with E-state index in [0.717, 1.165) is 18.4 Å². The highest BCUT2D eigenvalue weighted by atomic mass is 16.3. The average molecular weight is 345 g/mol. The van der Waals surface area contributed by atoms with Crippen LogP contribution in [0, 0.1) is 5.92 Å². The van der Waals surface area contributed by atoms with Crippen LogP contribution in [0.5, 0.6) is 0 Å². The topological polar surface area (TPSA) is 49.3 Å². The Kier molecular flexibility index (Phi) is 4.72. The second kappa shape index (κ2) is 7.30. The summed E-state index contributed by atoms with van der Waals surface area (Å²) in [5.74, 6) is 0.595. The molecular formula is C23H23NO2. The van der Waals surface area contributed by atoms with Crippen molar-refractivity contribution in [2.45, 2.75) is 25.4 Å². The first-order valence-electron chi connectivity index (χ1n) is 9.20. The van der Waals surface area contributed by atoms with Crippen LogP contribution in [0.25, 0.3) is 10.8 Å². The van der Waals surface area contributed by atoms with Crippen molar-refractivity contribution in [3.63, 3.8) is 0 Å². The molecule has 1 amide bonds. The molecule has 3 aromatic carbocycles. The summed E-state index contributed by atoms with van der Waals surface area (Å²) in [6.07, 6.45) is 1.74. The molecular weight excluding hydrogens is 322 g/mol. The number of hydrogen-bond acceptors (Lipinski definition) is 2. The van der Waals surface area contributed by atoms with Crippen LogP contribution in [0.4, 0.5) is 0 Å². The maximum Gasteiger partial charge on any atom is 0.223 e. The fourth-order valence-electron chi connectivity index (χ4n) is 3.67. The minimum Gasteiger partial charge on any atom is -0.392 e. The largest absolute Gasteiger partial charge is 0.392 e. The lowest BCUT2D eigenvalue weighted by Crippen LogP contribution is -2.27. The van der Waals surface area contributed by atoms with Gasteiger partial charge in [0, 0.05) is 12.5 Å². The van der Waals surface area contributed by atoms with Crippen molar-refractivity contribution in [1.82, 2.24) is 5.32 Å². The Morgan fingerprint density at radius 1 is 0.962 bits per heavy atom. The molecule has 0 heterocycles. The molecule has 1 fully saturated rings. The minimum absolute atomic E-state index is 0.0637. The standard InChI is InChI=1S/C23H23NO2/c25-15-17-10-8-16(9-11-17)12-13-24-23(26)22-14-21(22)20-7-3-5-18-4-1-2-6-19(18)20/h1-11,21-22,25H,12-15H2,(H,24,26). The number of fused-ring (bicyclic) bond motifs is 1. The summed E-state index contributed by atoms with van der Waals surface area (Å²) < 4.78 is 0. The van der Waals surface area contributed by atoms with Crippen LogP contribution < -0.4 is 5.32 Å². The molecule has 0 spiro atoms. The lowest BCUT2D eigenvalue weighted by Gasteiger charge is -2.08. The molecule has 4 rings (SSSR count). The quantitative estimate of drug-likeness (QED) is 0.714. The minimum atomic E-state index is 0.0637. The number of carbonyl (C=O) groups excluding carboxylic acids is 1. The van der Waals surface area contributed by atoms with Crippen LogP contribution in [0.3, 0.4) is 0 Å². The van der Waals surface area contributed by atoms with Crippen molar-refractivity contribution in [3.05, 3.63) is 83.4 Å². The Morgan fingerprint density at radius 2 is 1.69 bits per heavy atom. The highest BCUT2D eigenvalue weighted by molar-refractivity contribution is 5.89. The summed E-state index contributed by atoms with van der Waals surface area (Å²) in [6.45, 7) is 0.713. The van der Waals surface area contributed by atoms with Crippen molar-refractivity contribution < 1.29 is 9.90 Å². The van der Waals surface area contributed by atoms with Crippen LogP contribution >= 0.6 is 0 Å². The molecule has 2 atom stereocenters. The van der Waals surface area contributed by atoms with Crippen LogP contribution in [0.15, 0.2) is 66.7 Å². The molecule has 2 N–H and O–H groups in total. The number of amides is 1. The van der Waals surface area contributed by atoms with Gasteiger partial charge in [-0.1, -0.05) is 66.7 Å². The first-order chi connectivity index (χ1) is 12.8. The van der Waals surface area contributed by atoms with Crippen molar-refractivity contribution in [1.29, 1.82) is 0 Å². The van der Waals surface area contributed by atoms with Crippen LogP contribution in [0.2, 0.25) is 0 Å². The number of nitrogens with one attached hydrogen (secondary N) is 1. The molecule has 1 saturated carbocycles. The highest BCUT2D eigenvalue weighted by Gasteiger charge is 2.44. The van der Waals surface area contributed by atoms with Gasteiger partial charge < -0.3 is 10.4 Å². The van der Waals surface area contributed by atoms with E-state index in [-0.39, 0.29) is 18.4 Å². The van der Waals surface area contributed by atoms with E-state index in [9.17, 15) is 4.79 Å². The van der Waals surface area contributed by atoms with Gasteiger partial charge in [-0.15, -0.1) is 0 Å². The molecule has 132 valence electrons. The fourth-order valence-corrected chi connectivity index (χ4v) is 3.67. The third kappa shape index (κ3) is 3.49. The molecule has 1 aliphatic rings. The molecule has 0 aliphatic heterocycles. The molecule has 26 heavy (non-hydrogen) atoms. The van der Waals surface area contributed by atoms with Crippen LogP contribution in [-0.4, -0.2) is 17.6 Å². The predicted molar refractivity (Wildman–Crippen MR) is 104 cm³/mol. The monoisotopic (exact) mass is 345 g/mol. The molecule has 0 saturated heterocycles. The predicted octanol–water partition coefficient (Wildman–Crippen LogP) is 3.79. The first kappa shape index (κ1) is 16.8. The molecule has 0 aromatic heterocycles. The summed E-state index contributed by atoms with van der Waals surface area (Å²) in [5, 5.41) is 14.7. The lowest BCUT2D eigenvalue weighted by molar-refractivity contribution is -0.122. The van der Waals surface area contributed by atoms with E-state index in [2.05, 4.69) is 47.8 Å². The van der Waals surface area contributed by atoms with Gasteiger partial charge in [0.15, 0.2) is 0 Å². The Hall–Kier alpha value is -2.65. The van der Waals surface area contributed by atoms with E-state index < -0.39 is 0 Å². The summed E-state index contributed by atoms with van der Waals surface area (Å²) >= 11 is 0. The maximum absolute atomic E-state index is 12.5.